The molecule has 2 rings (SSSR count). The Bertz CT molecular complexity index is 660. The van der Waals surface area contributed by atoms with Crippen molar-refractivity contribution in [1.82, 2.24) is 9.55 Å². The van der Waals surface area contributed by atoms with Crippen LogP contribution in [0.25, 0.3) is 0 Å². The first-order chi connectivity index (χ1) is 8.49. The van der Waals surface area contributed by atoms with E-state index in [0.29, 0.717) is 10.0 Å². The highest BCUT2D eigenvalue weighted by Gasteiger charge is 2.09. The lowest BCUT2D eigenvalue weighted by molar-refractivity contribution is 0.593. The average molecular weight is 396 g/mol. The third-order valence-electron chi connectivity index (χ3n) is 2.30. The predicted octanol–water partition coefficient (Wildman–Crippen LogP) is 3.61. The van der Waals surface area contributed by atoms with Crippen molar-refractivity contribution in [3.8, 4) is 0 Å². The maximum Gasteiger partial charge on any atom is 0.269 e. The minimum absolute atomic E-state index is 0.0903. The Balaban J connectivity index is 2.41. The second-order valence-electron chi connectivity index (χ2n) is 3.52. The molecule has 0 saturated carbocycles. The van der Waals surface area contributed by atoms with Gasteiger partial charge < -0.3 is 0 Å². The molecule has 0 N–H and O–H groups in total. The van der Waals surface area contributed by atoms with Gasteiger partial charge >= 0.3 is 0 Å². The molecule has 0 aliphatic rings. The summed E-state index contributed by atoms with van der Waals surface area (Å²) in [5.74, 6) is -0.387. The molecular formula is C11H6Br2ClFN2O. The molecule has 3 nitrogen and oxygen atoms in total. The number of hydrogen-bond acceptors (Lipinski definition) is 2. The monoisotopic (exact) mass is 394 g/mol. The quantitative estimate of drug-likeness (QED) is 0.727. The molecule has 0 aliphatic heterocycles. The van der Waals surface area contributed by atoms with Gasteiger partial charge in [-0.3, -0.25) is 9.36 Å². The van der Waals surface area contributed by atoms with Gasteiger partial charge in [0.1, 0.15) is 10.3 Å². The lowest BCUT2D eigenvalue weighted by Gasteiger charge is -2.07. The summed E-state index contributed by atoms with van der Waals surface area (Å²) in [7, 11) is 0. The van der Waals surface area contributed by atoms with E-state index in [-0.39, 0.29) is 27.5 Å². The Kier molecular flexibility index (Phi) is 4.19. The van der Waals surface area contributed by atoms with Crippen LogP contribution in [-0.2, 0) is 6.54 Å². The van der Waals surface area contributed by atoms with E-state index in [1.165, 1.54) is 17.0 Å². The van der Waals surface area contributed by atoms with E-state index in [4.69, 9.17) is 11.6 Å². The van der Waals surface area contributed by atoms with Crippen molar-refractivity contribution >= 4 is 43.5 Å². The molecule has 0 radical (unpaired) electrons. The summed E-state index contributed by atoms with van der Waals surface area (Å²) < 4.78 is 15.7. The highest BCUT2D eigenvalue weighted by atomic mass is 79.9. The normalized spacial score (nSPS) is 10.7. The van der Waals surface area contributed by atoms with Crippen LogP contribution in [0.4, 0.5) is 4.39 Å². The van der Waals surface area contributed by atoms with Gasteiger partial charge in [0, 0.05) is 10.0 Å². The van der Waals surface area contributed by atoms with Gasteiger partial charge in [0.05, 0.1) is 12.9 Å². The molecule has 0 saturated heterocycles. The van der Waals surface area contributed by atoms with Crippen LogP contribution >= 0.6 is 43.5 Å². The van der Waals surface area contributed by atoms with Gasteiger partial charge in [0.2, 0.25) is 0 Å². The molecule has 0 amide bonds. The molecule has 0 bridgehead atoms. The molecule has 0 unspecified atom stereocenters. The molecule has 1 heterocycles. The summed E-state index contributed by atoms with van der Waals surface area (Å²) in [6.45, 7) is 0.0979. The highest BCUT2D eigenvalue weighted by molar-refractivity contribution is 9.10. The van der Waals surface area contributed by atoms with E-state index in [9.17, 15) is 9.18 Å². The van der Waals surface area contributed by atoms with Crippen LogP contribution < -0.4 is 5.56 Å². The number of rotatable bonds is 2. The minimum Gasteiger partial charge on any atom is -0.294 e. The molecular weight excluding hydrogens is 390 g/mol. The summed E-state index contributed by atoms with van der Waals surface area (Å²) in [4.78, 5) is 15.7. The van der Waals surface area contributed by atoms with Crippen molar-refractivity contribution in [2.45, 2.75) is 6.54 Å². The van der Waals surface area contributed by atoms with Crippen LogP contribution in [0.1, 0.15) is 5.56 Å². The molecule has 2 aromatic rings. The van der Waals surface area contributed by atoms with Crippen LogP contribution in [-0.4, -0.2) is 9.55 Å². The van der Waals surface area contributed by atoms with E-state index in [1.54, 1.807) is 12.1 Å². The Morgan fingerprint density at radius 2 is 2.11 bits per heavy atom. The number of hydrogen-bond donors (Lipinski definition) is 0. The van der Waals surface area contributed by atoms with Crippen molar-refractivity contribution in [3.63, 3.8) is 0 Å². The molecule has 1 aromatic heterocycles. The molecule has 7 heteroatoms. The first-order valence-corrected chi connectivity index (χ1v) is 6.80. The predicted molar refractivity (Wildman–Crippen MR) is 74.4 cm³/mol. The molecule has 0 spiro atoms. The second-order valence-corrected chi connectivity index (χ2v) is 5.58. The number of aromatic nitrogens is 2. The Morgan fingerprint density at radius 3 is 2.78 bits per heavy atom. The SMILES string of the molecule is O=c1c(Br)c(Cl)ncn1Cc1ccc(Br)cc1F. The number of halogens is 4. The van der Waals surface area contributed by atoms with Crippen LogP contribution in [0.2, 0.25) is 5.15 Å². The van der Waals surface area contributed by atoms with E-state index in [2.05, 4.69) is 36.8 Å². The molecule has 94 valence electrons. The zero-order valence-corrected chi connectivity index (χ0v) is 12.8. The molecule has 18 heavy (non-hydrogen) atoms. The van der Waals surface area contributed by atoms with Gasteiger partial charge in [0.15, 0.2) is 5.15 Å². The van der Waals surface area contributed by atoms with E-state index in [1.807, 2.05) is 0 Å². The summed E-state index contributed by atoms with van der Waals surface area (Å²) >= 11 is 11.9. The van der Waals surface area contributed by atoms with Gasteiger partial charge in [-0.15, -0.1) is 0 Å². The standard InChI is InChI=1S/C11H6Br2ClFN2O/c12-7-2-1-6(8(15)3-7)4-17-5-16-10(14)9(13)11(17)18/h1-3,5H,4H2. The smallest absolute Gasteiger partial charge is 0.269 e. The lowest BCUT2D eigenvalue weighted by Crippen LogP contribution is -2.22. The summed E-state index contributed by atoms with van der Waals surface area (Å²) in [5.41, 5.74) is 0.0497. The number of nitrogens with zero attached hydrogens (tertiary/aromatic N) is 2. The minimum atomic E-state index is -0.387. The Morgan fingerprint density at radius 1 is 1.39 bits per heavy atom. The Labute approximate surface area is 124 Å². The summed E-state index contributed by atoms with van der Waals surface area (Å²) in [6.07, 6.45) is 1.29. The average Bonchev–Trinajstić information content (AvgIpc) is 2.33. The fourth-order valence-corrected chi connectivity index (χ4v) is 2.18. The number of benzene rings is 1. The van der Waals surface area contributed by atoms with E-state index in [0.717, 1.165) is 0 Å². The zero-order valence-electron chi connectivity index (χ0n) is 8.83. The third-order valence-corrected chi connectivity index (χ3v) is 4.02. The molecule has 0 fully saturated rings. The van der Waals surface area contributed by atoms with Crippen molar-refractivity contribution in [2.24, 2.45) is 0 Å². The maximum absolute atomic E-state index is 13.6. The van der Waals surface area contributed by atoms with Gasteiger partial charge in [-0.1, -0.05) is 33.6 Å². The summed E-state index contributed by atoms with van der Waals surface area (Å²) in [6, 6.07) is 4.66. The fraction of sp³-hybridized carbons (Fsp3) is 0.0909. The van der Waals surface area contributed by atoms with E-state index >= 15 is 0 Å². The second kappa shape index (κ2) is 5.50. The fourth-order valence-electron chi connectivity index (χ4n) is 1.39. The summed E-state index contributed by atoms with van der Waals surface area (Å²) in [5, 5.41) is 0.0903. The first-order valence-electron chi connectivity index (χ1n) is 4.83. The lowest BCUT2D eigenvalue weighted by atomic mass is 10.2. The van der Waals surface area contributed by atoms with Crippen molar-refractivity contribution in [3.05, 3.63) is 60.4 Å². The largest absolute Gasteiger partial charge is 0.294 e. The van der Waals surface area contributed by atoms with E-state index < -0.39 is 0 Å². The van der Waals surface area contributed by atoms with Gasteiger partial charge in [-0.05, 0) is 28.1 Å². The highest BCUT2D eigenvalue weighted by Crippen LogP contribution is 2.17. The Hall–Kier alpha value is -0.720. The van der Waals surface area contributed by atoms with Gasteiger partial charge in [-0.2, -0.15) is 0 Å². The zero-order chi connectivity index (χ0) is 13.3. The topological polar surface area (TPSA) is 34.9 Å². The third kappa shape index (κ3) is 2.81. The van der Waals surface area contributed by atoms with Crippen LogP contribution in [0.15, 0.2) is 38.3 Å². The van der Waals surface area contributed by atoms with Gasteiger partial charge in [-0.25, -0.2) is 9.37 Å². The molecule has 0 atom stereocenters. The van der Waals surface area contributed by atoms with Gasteiger partial charge in [0.25, 0.3) is 5.56 Å². The van der Waals surface area contributed by atoms with Crippen LogP contribution in [0.3, 0.4) is 0 Å². The maximum atomic E-state index is 13.6. The molecule has 1 aromatic carbocycles. The van der Waals surface area contributed by atoms with Crippen molar-refractivity contribution in [2.75, 3.05) is 0 Å². The first kappa shape index (κ1) is 13.7. The van der Waals surface area contributed by atoms with Crippen LogP contribution in [0, 0.1) is 5.82 Å². The van der Waals surface area contributed by atoms with Crippen molar-refractivity contribution in [1.29, 1.82) is 0 Å². The van der Waals surface area contributed by atoms with Crippen molar-refractivity contribution < 1.29 is 4.39 Å². The molecule has 0 aliphatic carbocycles. The van der Waals surface area contributed by atoms with Crippen LogP contribution in [0.5, 0.6) is 0 Å².